The van der Waals surface area contributed by atoms with Crippen LogP contribution in [0.15, 0.2) is 0 Å². The summed E-state index contributed by atoms with van der Waals surface area (Å²) in [6, 6.07) is 0. The van der Waals surface area contributed by atoms with Gasteiger partial charge in [0.25, 0.3) is 0 Å². The van der Waals surface area contributed by atoms with E-state index in [2.05, 4.69) is 28.1 Å². The van der Waals surface area contributed by atoms with Crippen molar-refractivity contribution in [1.82, 2.24) is 0 Å². The van der Waals surface area contributed by atoms with Crippen molar-refractivity contribution in [3.8, 4) is 0 Å². The molecular weight excluding hydrogens is 298 g/mol. The second kappa shape index (κ2) is 20.5. The molecule has 0 heterocycles. The molecule has 3 heteroatoms. The standard InChI is InChI=1S/C20H44N.CH2O2/c1-5-6-7-8-9-10-11-12-13-14-15-16-17-18-19-20-21(2,3)4;2-1-3/h5-20H2,1-4H3;1H,(H,2,3)/q+1;/p-1. The van der Waals surface area contributed by atoms with Crippen LogP contribution in [0.25, 0.3) is 0 Å². The van der Waals surface area contributed by atoms with Crippen molar-refractivity contribution in [3.63, 3.8) is 0 Å². The first kappa shape index (κ1) is 25.7. The highest BCUT2D eigenvalue weighted by molar-refractivity contribution is 5.29. The summed E-state index contributed by atoms with van der Waals surface area (Å²) in [5, 5.41) is 8.25. The molecule has 0 atom stereocenters. The lowest BCUT2D eigenvalue weighted by molar-refractivity contribution is -0.870. The summed E-state index contributed by atoms with van der Waals surface area (Å²) in [5.41, 5.74) is 0. The van der Waals surface area contributed by atoms with Crippen molar-refractivity contribution in [3.05, 3.63) is 0 Å². The summed E-state index contributed by atoms with van der Waals surface area (Å²) in [5.74, 6) is 0. The maximum atomic E-state index is 8.25. The zero-order chi connectivity index (χ0) is 18.5. The molecule has 0 unspecified atom stereocenters. The molecule has 0 aliphatic carbocycles. The second-order valence-corrected chi connectivity index (χ2v) is 8.06. The summed E-state index contributed by atoms with van der Waals surface area (Å²) in [7, 11) is 6.89. The fraction of sp³-hybridized carbons (Fsp3) is 0.952. The summed E-state index contributed by atoms with van der Waals surface area (Å²) < 4.78 is 1.12. The Balaban J connectivity index is 0. The van der Waals surface area contributed by atoms with Gasteiger partial charge in [0.15, 0.2) is 0 Å². The molecule has 0 aliphatic heterocycles. The Morgan fingerprint density at radius 1 is 0.625 bits per heavy atom. The number of unbranched alkanes of at least 4 members (excludes halogenated alkanes) is 14. The van der Waals surface area contributed by atoms with Gasteiger partial charge in [0, 0.05) is 6.47 Å². The van der Waals surface area contributed by atoms with E-state index in [0.29, 0.717) is 0 Å². The van der Waals surface area contributed by atoms with E-state index in [1.807, 2.05) is 0 Å². The van der Waals surface area contributed by atoms with Crippen molar-refractivity contribution in [2.45, 2.75) is 103 Å². The van der Waals surface area contributed by atoms with Gasteiger partial charge >= 0.3 is 0 Å². The van der Waals surface area contributed by atoms with E-state index in [1.54, 1.807) is 0 Å². The molecule has 0 aromatic rings. The van der Waals surface area contributed by atoms with Crippen LogP contribution in [-0.2, 0) is 4.79 Å². The van der Waals surface area contributed by atoms with Crippen LogP contribution in [0.3, 0.4) is 0 Å². The third-order valence-electron chi connectivity index (χ3n) is 4.43. The van der Waals surface area contributed by atoms with Gasteiger partial charge in [0.1, 0.15) is 0 Å². The predicted octanol–water partition coefficient (Wildman–Crippen LogP) is 4.93. The van der Waals surface area contributed by atoms with Gasteiger partial charge in [-0.25, -0.2) is 0 Å². The van der Waals surface area contributed by atoms with Gasteiger partial charge in [0.05, 0.1) is 27.7 Å². The molecule has 0 radical (unpaired) electrons. The van der Waals surface area contributed by atoms with E-state index < -0.39 is 6.47 Å². The number of hydrogen-bond donors (Lipinski definition) is 0. The van der Waals surface area contributed by atoms with Crippen molar-refractivity contribution in [1.29, 1.82) is 0 Å². The normalized spacial score (nSPS) is 11.0. The summed E-state index contributed by atoms with van der Waals surface area (Å²) in [6.45, 7) is 3.13. The molecule has 3 nitrogen and oxygen atoms in total. The van der Waals surface area contributed by atoms with E-state index in [0.717, 1.165) is 4.48 Å². The van der Waals surface area contributed by atoms with Crippen LogP contribution in [0.4, 0.5) is 0 Å². The topological polar surface area (TPSA) is 40.1 Å². The molecule has 0 bridgehead atoms. The highest BCUT2D eigenvalue weighted by Crippen LogP contribution is 2.13. The van der Waals surface area contributed by atoms with Crippen LogP contribution >= 0.6 is 0 Å². The van der Waals surface area contributed by atoms with Crippen molar-refractivity contribution in [2.24, 2.45) is 0 Å². The molecule has 24 heavy (non-hydrogen) atoms. The Hall–Kier alpha value is -0.570. The molecule has 0 aromatic carbocycles. The van der Waals surface area contributed by atoms with Crippen LogP contribution in [0.5, 0.6) is 0 Å². The predicted molar refractivity (Wildman–Crippen MR) is 104 cm³/mol. The molecule has 0 saturated carbocycles. The van der Waals surface area contributed by atoms with Gasteiger partial charge in [-0.3, -0.25) is 0 Å². The zero-order valence-electron chi connectivity index (χ0n) is 17.2. The molecule has 0 spiro atoms. The number of carbonyl (C=O) groups is 1. The minimum absolute atomic E-state index is 0.500. The molecule has 0 fully saturated rings. The summed E-state index contributed by atoms with van der Waals surface area (Å²) in [4.78, 5) is 8.25. The zero-order valence-corrected chi connectivity index (χ0v) is 17.2. The second-order valence-electron chi connectivity index (χ2n) is 8.06. The number of carboxylic acid groups (broad SMARTS) is 1. The maximum absolute atomic E-state index is 8.25. The molecule has 0 amide bonds. The van der Waals surface area contributed by atoms with Gasteiger partial charge in [-0.2, -0.15) is 0 Å². The first-order valence-electron chi connectivity index (χ1n) is 10.3. The lowest BCUT2D eigenvalue weighted by atomic mass is 10.0. The van der Waals surface area contributed by atoms with E-state index in [4.69, 9.17) is 9.90 Å². The average Bonchev–Trinajstić information content (AvgIpc) is 2.51. The fourth-order valence-corrected chi connectivity index (χ4v) is 2.96. The first-order valence-corrected chi connectivity index (χ1v) is 10.3. The Bertz CT molecular complexity index is 236. The van der Waals surface area contributed by atoms with Gasteiger partial charge < -0.3 is 14.4 Å². The van der Waals surface area contributed by atoms with Crippen LogP contribution < -0.4 is 5.11 Å². The molecule has 0 N–H and O–H groups in total. The highest BCUT2D eigenvalue weighted by Gasteiger charge is 2.04. The molecule has 146 valence electrons. The number of rotatable bonds is 16. The SMILES string of the molecule is CCCCCCCCCCCCCCCCC[N+](C)(C)C.O=C[O-]. The van der Waals surface area contributed by atoms with Crippen LogP contribution in [0.1, 0.15) is 103 Å². The lowest BCUT2D eigenvalue weighted by Crippen LogP contribution is -2.35. The number of carbonyl (C=O) groups excluding carboxylic acids is 1. The lowest BCUT2D eigenvalue weighted by Gasteiger charge is -2.23. The smallest absolute Gasteiger partial charge is 0.0780 e. The Morgan fingerprint density at radius 3 is 1.12 bits per heavy atom. The van der Waals surface area contributed by atoms with E-state index in [9.17, 15) is 0 Å². The monoisotopic (exact) mass is 343 g/mol. The first-order chi connectivity index (χ1) is 11.5. The highest BCUT2D eigenvalue weighted by atomic mass is 16.3. The Labute approximate surface area is 152 Å². The van der Waals surface area contributed by atoms with Gasteiger partial charge in [-0.1, -0.05) is 90.4 Å². The van der Waals surface area contributed by atoms with Crippen LogP contribution in [-0.4, -0.2) is 38.6 Å². The quantitative estimate of drug-likeness (QED) is 0.226. The fourth-order valence-electron chi connectivity index (χ4n) is 2.96. The van der Waals surface area contributed by atoms with E-state index >= 15 is 0 Å². The summed E-state index contributed by atoms with van der Waals surface area (Å²) >= 11 is 0. The third-order valence-corrected chi connectivity index (χ3v) is 4.43. The minimum Gasteiger partial charge on any atom is -0.554 e. The van der Waals surface area contributed by atoms with Crippen molar-refractivity contribution >= 4 is 6.47 Å². The Kier molecular flexibility index (Phi) is 21.9. The van der Waals surface area contributed by atoms with Crippen molar-refractivity contribution < 1.29 is 14.4 Å². The van der Waals surface area contributed by atoms with Gasteiger partial charge in [0.2, 0.25) is 0 Å². The van der Waals surface area contributed by atoms with E-state index in [-0.39, 0.29) is 0 Å². The summed E-state index contributed by atoms with van der Waals surface area (Å²) in [6.07, 6.45) is 21.9. The molecule has 0 saturated heterocycles. The molecule has 0 aliphatic rings. The van der Waals surface area contributed by atoms with Gasteiger partial charge in [-0.05, 0) is 12.8 Å². The minimum atomic E-state index is -0.500. The van der Waals surface area contributed by atoms with Crippen LogP contribution in [0.2, 0.25) is 0 Å². The van der Waals surface area contributed by atoms with Gasteiger partial charge in [-0.15, -0.1) is 0 Å². The number of hydrogen-bond acceptors (Lipinski definition) is 2. The average molecular weight is 344 g/mol. The maximum Gasteiger partial charge on any atom is 0.0780 e. The third kappa shape index (κ3) is 29.4. The Morgan fingerprint density at radius 2 is 0.875 bits per heavy atom. The molecule has 0 rings (SSSR count). The van der Waals surface area contributed by atoms with Crippen molar-refractivity contribution in [2.75, 3.05) is 27.7 Å². The largest absolute Gasteiger partial charge is 0.554 e. The number of quaternary nitrogens is 1. The molecular formula is C21H45NO2. The molecule has 0 aromatic heterocycles. The van der Waals surface area contributed by atoms with Crippen LogP contribution in [0, 0.1) is 0 Å². The number of nitrogens with zero attached hydrogens (tertiary/aromatic N) is 1. The van der Waals surface area contributed by atoms with E-state index in [1.165, 1.54) is 103 Å².